The quantitative estimate of drug-likeness (QED) is 0.543. The molecule has 0 saturated heterocycles. The second-order valence-electron chi connectivity index (χ2n) is 8.94. The van der Waals surface area contributed by atoms with Crippen LogP contribution < -0.4 is 20.1 Å². The molecule has 35 heavy (non-hydrogen) atoms. The summed E-state index contributed by atoms with van der Waals surface area (Å²) in [5.74, 6) is 1.62. The van der Waals surface area contributed by atoms with E-state index in [0.717, 1.165) is 36.8 Å². The Kier molecular flexibility index (Phi) is 6.39. The van der Waals surface area contributed by atoms with Crippen molar-refractivity contribution in [3.63, 3.8) is 0 Å². The lowest BCUT2D eigenvalue weighted by molar-refractivity contribution is -0.122. The summed E-state index contributed by atoms with van der Waals surface area (Å²) in [7, 11) is 1.61. The monoisotopic (exact) mass is 477 g/mol. The van der Waals surface area contributed by atoms with Crippen molar-refractivity contribution in [2.24, 2.45) is 0 Å². The van der Waals surface area contributed by atoms with Crippen molar-refractivity contribution >= 4 is 28.3 Å². The summed E-state index contributed by atoms with van der Waals surface area (Å²) in [5.41, 5.74) is 2.00. The molecule has 1 aromatic heterocycles. The Morgan fingerprint density at radius 2 is 1.94 bits per heavy atom. The Balaban J connectivity index is 1.34. The number of ether oxygens (including phenoxy) is 2. The first-order valence-electron chi connectivity index (χ1n) is 11.7. The van der Waals surface area contributed by atoms with Gasteiger partial charge in [-0.2, -0.15) is 0 Å². The third-order valence-corrected chi connectivity index (χ3v) is 6.58. The van der Waals surface area contributed by atoms with Crippen molar-refractivity contribution < 1.29 is 18.7 Å². The van der Waals surface area contributed by atoms with Gasteiger partial charge in [-0.1, -0.05) is 0 Å². The minimum absolute atomic E-state index is 0.0224. The molecule has 5 rings (SSSR count). The summed E-state index contributed by atoms with van der Waals surface area (Å²) in [6.07, 6.45) is 8.83. The van der Waals surface area contributed by atoms with E-state index in [-0.39, 0.29) is 17.8 Å². The van der Waals surface area contributed by atoms with Gasteiger partial charge in [-0.25, -0.2) is 14.4 Å². The fraction of sp³-hybridized carbons (Fsp3) is 0.346. The van der Waals surface area contributed by atoms with Gasteiger partial charge >= 0.3 is 0 Å². The zero-order valence-electron chi connectivity index (χ0n) is 19.8. The second-order valence-corrected chi connectivity index (χ2v) is 8.94. The maximum absolute atomic E-state index is 13.7. The molecule has 3 aromatic rings. The standard InChI is InChI=1S/C26H28FN5O3/c1-16-11-17(3-8-21(16)27)31-26-20-12-24(23(34-2)13-22(20)29-15-30-26)35-19-6-4-18(5-7-19)32-10-9-28-25(33)14-32/h3,8-13,15,18-19H,4-7,14H2,1-2H3,(H,28,33)(H,29,30,31). The van der Waals surface area contributed by atoms with Gasteiger partial charge in [-0.15, -0.1) is 0 Å². The smallest absolute Gasteiger partial charge is 0.243 e. The number of carbonyl (C=O) groups is 1. The number of benzene rings is 2. The molecule has 0 radical (unpaired) electrons. The average Bonchev–Trinajstić information content (AvgIpc) is 2.87. The van der Waals surface area contributed by atoms with Gasteiger partial charge in [0.05, 0.1) is 25.3 Å². The summed E-state index contributed by atoms with van der Waals surface area (Å²) in [6, 6.07) is 8.92. The van der Waals surface area contributed by atoms with E-state index in [0.29, 0.717) is 41.0 Å². The van der Waals surface area contributed by atoms with Crippen LogP contribution in [0, 0.1) is 12.7 Å². The number of hydrogen-bond acceptors (Lipinski definition) is 7. The van der Waals surface area contributed by atoms with Crippen molar-refractivity contribution in [2.75, 3.05) is 19.0 Å². The molecule has 1 amide bonds. The van der Waals surface area contributed by atoms with Crippen LogP contribution >= 0.6 is 0 Å². The van der Waals surface area contributed by atoms with Gasteiger partial charge in [-0.3, -0.25) is 4.79 Å². The summed E-state index contributed by atoms with van der Waals surface area (Å²) in [5, 5.41) is 6.76. The Labute approximate surface area is 203 Å². The van der Waals surface area contributed by atoms with E-state index in [2.05, 4.69) is 25.5 Å². The number of aromatic nitrogens is 2. The van der Waals surface area contributed by atoms with Crippen LogP contribution in [0.1, 0.15) is 31.2 Å². The van der Waals surface area contributed by atoms with Gasteiger partial charge in [0.2, 0.25) is 5.91 Å². The molecule has 1 aliphatic carbocycles. The molecule has 0 atom stereocenters. The summed E-state index contributed by atoms with van der Waals surface area (Å²) < 4.78 is 25.7. The molecule has 2 heterocycles. The number of nitrogens with one attached hydrogen (secondary N) is 2. The molecule has 0 bridgehead atoms. The third kappa shape index (κ3) is 4.99. The van der Waals surface area contributed by atoms with Crippen LogP contribution in [0.25, 0.3) is 10.9 Å². The lowest BCUT2D eigenvalue weighted by Crippen LogP contribution is -2.44. The van der Waals surface area contributed by atoms with E-state index in [1.165, 1.54) is 12.4 Å². The SMILES string of the molecule is COc1cc2ncnc(Nc3ccc(F)c(C)c3)c2cc1OC1CCC(N2C=CNC(=O)C2)CC1. The summed E-state index contributed by atoms with van der Waals surface area (Å²) >= 11 is 0. The van der Waals surface area contributed by atoms with Crippen LogP contribution in [-0.2, 0) is 4.79 Å². The highest BCUT2D eigenvalue weighted by atomic mass is 19.1. The zero-order valence-corrected chi connectivity index (χ0v) is 19.8. The van der Waals surface area contributed by atoms with E-state index in [9.17, 15) is 9.18 Å². The number of rotatable bonds is 6. The molecular weight excluding hydrogens is 449 g/mol. The van der Waals surface area contributed by atoms with Crippen LogP contribution in [0.2, 0.25) is 0 Å². The molecule has 2 aliphatic rings. The van der Waals surface area contributed by atoms with Crippen LogP contribution in [0.3, 0.4) is 0 Å². The lowest BCUT2D eigenvalue weighted by Gasteiger charge is -2.37. The Morgan fingerprint density at radius 3 is 2.69 bits per heavy atom. The highest BCUT2D eigenvalue weighted by Crippen LogP contribution is 2.37. The van der Waals surface area contributed by atoms with E-state index >= 15 is 0 Å². The highest BCUT2D eigenvalue weighted by molar-refractivity contribution is 5.93. The van der Waals surface area contributed by atoms with Crippen LogP contribution in [0.15, 0.2) is 49.1 Å². The van der Waals surface area contributed by atoms with Crippen molar-refractivity contribution in [3.8, 4) is 11.5 Å². The van der Waals surface area contributed by atoms with Crippen molar-refractivity contribution in [1.29, 1.82) is 0 Å². The fourth-order valence-electron chi connectivity index (χ4n) is 4.69. The first-order valence-corrected chi connectivity index (χ1v) is 11.7. The number of methoxy groups -OCH3 is 1. The molecule has 0 unspecified atom stereocenters. The van der Waals surface area contributed by atoms with Gasteiger partial charge in [0.25, 0.3) is 0 Å². The number of amides is 1. The number of halogens is 1. The highest BCUT2D eigenvalue weighted by Gasteiger charge is 2.28. The molecule has 9 heteroatoms. The lowest BCUT2D eigenvalue weighted by atomic mass is 9.91. The van der Waals surface area contributed by atoms with Gasteiger partial charge in [0, 0.05) is 35.6 Å². The first-order chi connectivity index (χ1) is 17.0. The third-order valence-electron chi connectivity index (χ3n) is 6.58. The number of aryl methyl sites for hydroxylation is 1. The Bertz CT molecular complexity index is 1270. The molecule has 182 valence electrons. The Morgan fingerprint density at radius 1 is 1.11 bits per heavy atom. The zero-order chi connectivity index (χ0) is 24.4. The molecule has 8 nitrogen and oxygen atoms in total. The van der Waals surface area contributed by atoms with E-state index in [1.807, 2.05) is 18.3 Å². The van der Waals surface area contributed by atoms with Crippen molar-refractivity contribution in [1.82, 2.24) is 20.2 Å². The molecular formula is C26H28FN5O3. The number of carbonyl (C=O) groups excluding carboxylic acids is 1. The molecule has 1 aliphatic heterocycles. The number of anilines is 2. The number of nitrogens with zero attached hydrogens (tertiary/aromatic N) is 3. The van der Waals surface area contributed by atoms with Gasteiger partial charge in [0.15, 0.2) is 11.5 Å². The summed E-state index contributed by atoms with van der Waals surface area (Å²) in [6.45, 7) is 2.12. The summed E-state index contributed by atoms with van der Waals surface area (Å²) in [4.78, 5) is 22.6. The number of fused-ring (bicyclic) bond motifs is 1. The molecule has 1 fully saturated rings. The fourth-order valence-corrected chi connectivity index (χ4v) is 4.69. The maximum Gasteiger partial charge on any atom is 0.243 e. The maximum atomic E-state index is 13.7. The van der Waals surface area contributed by atoms with Crippen molar-refractivity contribution in [3.05, 3.63) is 60.4 Å². The van der Waals surface area contributed by atoms with Gasteiger partial charge < -0.3 is 25.0 Å². The largest absolute Gasteiger partial charge is 0.493 e. The van der Waals surface area contributed by atoms with Gasteiger partial charge in [0.1, 0.15) is 18.0 Å². The van der Waals surface area contributed by atoms with E-state index < -0.39 is 0 Å². The van der Waals surface area contributed by atoms with E-state index in [1.54, 1.807) is 32.4 Å². The first kappa shape index (κ1) is 22.9. The second kappa shape index (κ2) is 9.77. The topological polar surface area (TPSA) is 88.6 Å². The van der Waals surface area contributed by atoms with Crippen LogP contribution in [-0.4, -0.2) is 46.6 Å². The minimum atomic E-state index is -0.252. The van der Waals surface area contributed by atoms with Gasteiger partial charge in [-0.05, 0) is 62.4 Å². The number of hydrogen-bond donors (Lipinski definition) is 2. The predicted molar refractivity (Wildman–Crippen MR) is 131 cm³/mol. The van der Waals surface area contributed by atoms with E-state index in [4.69, 9.17) is 9.47 Å². The van der Waals surface area contributed by atoms with Crippen molar-refractivity contribution in [2.45, 2.75) is 44.8 Å². The molecule has 0 spiro atoms. The van der Waals surface area contributed by atoms with Crippen LogP contribution in [0.5, 0.6) is 11.5 Å². The minimum Gasteiger partial charge on any atom is -0.493 e. The van der Waals surface area contributed by atoms with Crippen LogP contribution in [0.4, 0.5) is 15.9 Å². The predicted octanol–water partition coefficient (Wildman–Crippen LogP) is 4.42. The molecule has 2 N–H and O–H groups in total. The Hall–Kier alpha value is -3.88. The average molecular weight is 478 g/mol. The molecule has 2 aromatic carbocycles. The molecule has 1 saturated carbocycles. The normalized spacial score (nSPS) is 20.0.